The Morgan fingerprint density at radius 3 is 2.54 bits per heavy atom. The number of nitrogens with one attached hydrogen (secondary N) is 1. The van der Waals surface area contributed by atoms with Crippen molar-refractivity contribution in [3.8, 4) is 0 Å². The average molecular weight is 489 g/mol. The third kappa shape index (κ3) is 3.72. The molecule has 0 saturated heterocycles. The lowest BCUT2D eigenvalue weighted by Crippen LogP contribution is -2.60. The maximum atomic E-state index is 13.5. The van der Waals surface area contributed by atoms with Gasteiger partial charge in [-0.3, -0.25) is 9.59 Å². The Balaban J connectivity index is 1.38. The van der Waals surface area contributed by atoms with Crippen LogP contribution < -0.4 is 5.32 Å². The summed E-state index contributed by atoms with van der Waals surface area (Å²) in [6.07, 6.45) is 4.88. The average Bonchev–Trinajstić information content (AvgIpc) is 3.16. The highest BCUT2D eigenvalue weighted by atomic mass is 19.4. The fraction of sp³-hybridized carbons (Fsp3) is 0.643. The molecule has 1 aromatic rings. The minimum Gasteiger partial charge on any atom is -0.336 e. The first kappa shape index (κ1) is 24.4. The van der Waals surface area contributed by atoms with Gasteiger partial charge in [0.05, 0.1) is 11.3 Å². The minimum atomic E-state index is -4.51. The number of carbonyl (C=O) groups excluding carboxylic acids is 2. The number of alkyl halides is 3. The van der Waals surface area contributed by atoms with Gasteiger partial charge in [0.15, 0.2) is 0 Å². The van der Waals surface area contributed by atoms with Gasteiger partial charge in [-0.2, -0.15) is 13.2 Å². The summed E-state index contributed by atoms with van der Waals surface area (Å²) in [6.45, 7) is 7.24. The van der Waals surface area contributed by atoms with Crippen LogP contribution in [-0.2, 0) is 15.8 Å². The predicted molar refractivity (Wildman–Crippen MR) is 128 cm³/mol. The summed E-state index contributed by atoms with van der Waals surface area (Å²) in [4.78, 5) is 27.9. The van der Waals surface area contributed by atoms with Crippen LogP contribution in [0.15, 0.2) is 36.4 Å². The van der Waals surface area contributed by atoms with Crippen LogP contribution in [0, 0.1) is 34.5 Å². The number of carbonyl (C=O) groups is 2. The number of fused-ring (bicyclic) bond motifs is 5. The summed E-state index contributed by atoms with van der Waals surface area (Å²) < 4.78 is 40.4. The molecule has 3 fully saturated rings. The molecule has 0 unspecified atom stereocenters. The lowest BCUT2D eigenvalue weighted by atomic mass is 9.47. The van der Waals surface area contributed by atoms with Crippen LogP contribution in [-0.4, -0.2) is 29.3 Å². The van der Waals surface area contributed by atoms with Crippen molar-refractivity contribution in [2.45, 2.75) is 71.5 Å². The Hall–Kier alpha value is -2.31. The van der Waals surface area contributed by atoms with Crippen LogP contribution in [0.5, 0.6) is 0 Å². The van der Waals surface area contributed by atoms with Crippen LogP contribution >= 0.6 is 0 Å². The zero-order valence-electron chi connectivity index (χ0n) is 20.7. The van der Waals surface area contributed by atoms with Gasteiger partial charge in [0.25, 0.3) is 0 Å². The highest BCUT2D eigenvalue weighted by Gasteiger charge is 2.61. The first-order valence-corrected chi connectivity index (χ1v) is 13.0. The molecule has 0 spiro atoms. The van der Waals surface area contributed by atoms with Crippen LogP contribution in [0.4, 0.5) is 18.9 Å². The van der Waals surface area contributed by atoms with Crippen LogP contribution in [0.25, 0.3) is 0 Å². The number of hydrogen-bond donors (Lipinski definition) is 1. The Labute approximate surface area is 205 Å². The lowest BCUT2D eigenvalue weighted by Gasteiger charge is -2.60. The van der Waals surface area contributed by atoms with E-state index in [-0.39, 0.29) is 40.3 Å². The first-order valence-electron chi connectivity index (χ1n) is 13.0. The summed E-state index contributed by atoms with van der Waals surface area (Å²) in [6, 6.07) is 5.44. The van der Waals surface area contributed by atoms with E-state index in [0.717, 1.165) is 38.2 Å². The SMILES string of the molecule is CCN1C(=O)C=C[C@]2(C)[C@H]3CC[C@]4(C)[C@@H](C(=O)Nc5ccccc5C(F)(F)F)CC[C@H]4[C@@H]3CC[C@@H]12. The molecule has 1 aromatic carbocycles. The molecule has 7 atom stereocenters. The van der Waals surface area contributed by atoms with E-state index in [9.17, 15) is 22.8 Å². The highest BCUT2D eigenvalue weighted by Crippen LogP contribution is 2.65. The van der Waals surface area contributed by atoms with E-state index in [1.165, 1.54) is 18.2 Å². The molecule has 2 amide bonds. The number of amides is 2. The quantitative estimate of drug-likeness (QED) is 0.544. The van der Waals surface area contributed by atoms with E-state index in [4.69, 9.17) is 0 Å². The zero-order valence-corrected chi connectivity index (χ0v) is 20.7. The molecule has 4 nitrogen and oxygen atoms in total. The summed E-state index contributed by atoms with van der Waals surface area (Å²) >= 11 is 0. The Bertz CT molecular complexity index is 1050. The molecule has 0 bridgehead atoms. The molecule has 4 aliphatic rings. The number of hydrogen-bond acceptors (Lipinski definition) is 2. The molecule has 35 heavy (non-hydrogen) atoms. The van der Waals surface area contributed by atoms with Crippen molar-refractivity contribution in [3.63, 3.8) is 0 Å². The molecule has 1 N–H and O–H groups in total. The maximum Gasteiger partial charge on any atom is 0.418 e. The Morgan fingerprint density at radius 2 is 1.83 bits per heavy atom. The molecule has 0 aromatic heterocycles. The number of benzene rings is 1. The molecular formula is C28H35F3N2O2. The standard InChI is InChI=1S/C28H35F3N2O2/c1-4-33-23-12-9-17-18-10-11-21(25(35)32-22-8-6-5-7-20(22)28(29,30)31)26(18,2)15-13-19(17)27(23,3)16-14-24(33)34/h5-8,14,16-19,21,23H,4,9-13,15H2,1-3H3,(H,32,35)/t17-,18-,19-,21+,23+,26-,27+/m0/s1. The Kier molecular flexibility index (Phi) is 5.84. The third-order valence-corrected chi connectivity index (χ3v) is 10.1. The number of likely N-dealkylation sites (N-methyl/N-ethyl adjacent to an activating group) is 1. The predicted octanol–water partition coefficient (Wildman–Crippen LogP) is 6.29. The lowest BCUT2D eigenvalue weighted by molar-refractivity contribution is -0.143. The van der Waals surface area contributed by atoms with Crippen molar-refractivity contribution < 1.29 is 22.8 Å². The second-order valence-electron chi connectivity index (χ2n) is 11.5. The topological polar surface area (TPSA) is 49.4 Å². The number of rotatable bonds is 3. The second-order valence-corrected chi connectivity index (χ2v) is 11.5. The first-order chi connectivity index (χ1) is 16.5. The van der Waals surface area contributed by atoms with Crippen molar-refractivity contribution >= 4 is 17.5 Å². The van der Waals surface area contributed by atoms with Gasteiger partial charge in [-0.1, -0.05) is 32.1 Å². The van der Waals surface area contributed by atoms with Crippen molar-refractivity contribution in [1.82, 2.24) is 4.90 Å². The van der Waals surface area contributed by atoms with Crippen molar-refractivity contribution in [2.24, 2.45) is 34.5 Å². The van der Waals surface area contributed by atoms with E-state index in [0.29, 0.717) is 30.7 Å². The van der Waals surface area contributed by atoms with Gasteiger partial charge in [0, 0.05) is 23.9 Å². The Morgan fingerprint density at radius 1 is 1.09 bits per heavy atom. The monoisotopic (exact) mass is 488 g/mol. The molecule has 190 valence electrons. The van der Waals surface area contributed by atoms with Crippen molar-refractivity contribution in [3.05, 3.63) is 42.0 Å². The van der Waals surface area contributed by atoms with Crippen LogP contribution in [0.2, 0.25) is 0 Å². The number of halogens is 3. The summed E-state index contributed by atoms with van der Waals surface area (Å²) in [5.41, 5.74) is -1.25. The molecule has 3 saturated carbocycles. The highest BCUT2D eigenvalue weighted by molar-refractivity contribution is 5.94. The van der Waals surface area contributed by atoms with Gasteiger partial charge in [-0.15, -0.1) is 0 Å². The third-order valence-electron chi connectivity index (χ3n) is 10.1. The van der Waals surface area contributed by atoms with Gasteiger partial charge in [-0.25, -0.2) is 0 Å². The second kappa shape index (κ2) is 8.38. The normalized spacial score (nSPS) is 38.5. The molecule has 7 heteroatoms. The number of nitrogens with zero attached hydrogens (tertiary/aromatic N) is 1. The molecule has 1 heterocycles. The van der Waals surface area contributed by atoms with Gasteiger partial charge in [0.1, 0.15) is 0 Å². The minimum absolute atomic E-state index is 0.0693. The van der Waals surface area contributed by atoms with Crippen molar-refractivity contribution in [1.29, 1.82) is 0 Å². The van der Waals surface area contributed by atoms with E-state index in [1.54, 1.807) is 6.08 Å². The number of para-hydroxylation sites is 1. The van der Waals surface area contributed by atoms with Crippen LogP contribution in [0.3, 0.4) is 0 Å². The smallest absolute Gasteiger partial charge is 0.336 e. The molecule has 5 rings (SSSR count). The largest absolute Gasteiger partial charge is 0.418 e. The van der Waals surface area contributed by atoms with Crippen molar-refractivity contribution in [2.75, 3.05) is 11.9 Å². The van der Waals surface area contributed by atoms with E-state index < -0.39 is 11.7 Å². The summed E-state index contributed by atoms with van der Waals surface area (Å²) in [7, 11) is 0. The molecule has 0 radical (unpaired) electrons. The fourth-order valence-electron chi connectivity index (χ4n) is 8.46. The van der Waals surface area contributed by atoms with Crippen LogP contribution in [0.1, 0.15) is 64.9 Å². The molecule has 3 aliphatic carbocycles. The van der Waals surface area contributed by atoms with E-state index in [1.807, 2.05) is 11.8 Å². The summed E-state index contributed by atoms with van der Waals surface area (Å²) in [5.74, 6) is 0.804. The molecule has 1 aliphatic heterocycles. The van der Waals surface area contributed by atoms with E-state index >= 15 is 0 Å². The molecular weight excluding hydrogens is 453 g/mol. The fourth-order valence-corrected chi connectivity index (χ4v) is 8.46. The van der Waals surface area contributed by atoms with Gasteiger partial charge in [0.2, 0.25) is 11.8 Å². The number of anilines is 1. The van der Waals surface area contributed by atoms with E-state index in [2.05, 4.69) is 25.2 Å². The summed E-state index contributed by atoms with van der Waals surface area (Å²) in [5, 5.41) is 2.65. The van der Waals surface area contributed by atoms with Gasteiger partial charge in [-0.05, 0) is 86.8 Å². The maximum absolute atomic E-state index is 13.5. The van der Waals surface area contributed by atoms with Gasteiger partial charge >= 0.3 is 6.18 Å². The zero-order chi connectivity index (χ0) is 25.2. The van der Waals surface area contributed by atoms with Gasteiger partial charge < -0.3 is 10.2 Å².